The Morgan fingerprint density at radius 1 is 1.15 bits per heavy atom. The van der Waals surface area contributed by atoms with Gasteiger partial charge in [0.2, 0.25) is 0 Å². The first-order valence-electron chi connectivity index (χ1n) is 10.6. The molecule has 4 aliphatic rings. The molecule has 0 bridgehead atoms. The molecule has 7 atom stereocenters. The van der Waals surface area contributed by atoms with Crippen molar-refractivity contribution >= 4 is 17.5 Å². The standard InChI is InChI=1S/C23H32O4/c1-13(24)18-7-8-19-17-6-5-15-11-16(27-14(2)25)9-10-22(15,3)21(17)20(26)12-23(18,19)4/h7,15-17,19,21H,5-6,8-12H2,1-4H3/t15?,16?,17?,19?,21?,22-,23+/m0/s1. The molecule has 0 heterocycles. The SMILES string of the molecule is CC(=O)OC1CC[C@@]2(C)C(CCC3C2C(=O)C[C@]2(C)C(C(C)=O)=CCC32)C1. The van der Waals surface area contributed by atoms with Gasteiger partial charge in [-0.1, -0.05) is 19.9 Å². The Bertz CT molecular complexity index is 722. The predicted octanol–water partition coefficient (Wildman–Crippen LogP) is 4.27. The number of fused-ring (bicyclic) bond motifs is 5. The zero-order chi connectivity index (χ0) is 19.6. The monoisotopic (exact) mass is 372 g/mol. The normalized spacial score (nSPS) is 46.0. The summed E-state index contributed by atoms with van der Waals surface area (Å²) in [7, 11) is 0. The minimum atomic E-state index is -0.262. The average Bonchev–Trinajstić information content (AvgIpc) is 2.91. The molecule has 148 valence electrons. The minimum absolute atomic E-state index is 0.0109. The molecule has 0 aromatic heterocycles. The highest BCUT2D eigenvalue weighted by Crippen LogP contribution is 2.65. The second-order valence-corrected chi connectivity index (χ2v) is 10.0. The van der Waals surface area contributed by atoms with E-state index in [1.54, 1.807) is 6.92 Å². The third kappa shape index (κ3) is 2.74. The van der Waals surface area contributed by atoms with Crippen LogP contribution in [0.25, 0.3) is 0 Å². The van der Waals surface area contributed by atoms with Crippen LogP contribution in [-0.4, -0.2) is 23.6 Å². The summed E-state index contributed by atoms with van der Waals surface area (Å²) in [5, 5.41) is 0. The highest BCUT2D eigenvalue weighted by Gasteiger charge is 2.62. The average molecular weight is 373 g/mol. The number of carbonyl (C=O) groups is 3. The summed E-state index contributed by atoms with van der Waals surface area (Å²) in [5.74, 6) is 1.66. The minimum Gasteiger partial charge on any atom is -0.463 e. The van der Waals surface area contributed by atoms with Crippen molar-refractivity contribution in [2.75, 3.05) is 0 Å². The van der Waals surface area contributed by atoms with Crippen LogP contribution in [0, 0.1) is 34.5 Å². The van der Waals surface area contributed by atoms with Gasteiger partial charge in [0.1, 0.15) is 11.9 Å². The van der Waals surface area contributed by atoms with Gasteiger partial charge in [-0.3, -0.25) is 14.4 Å². The van der Waals surface area contributed by atoms with E-state index < -0.39 is 0 Å². The van der Waals surface area contributed by atoms with Gasteiger partial charge in [-0.15, -0.1) is 0 Å². The molecule has 5 unspecified atom stereocenters. The summed E-state index contributed by atoms with van der Waals surface area (Å²) in [5.41, 5.74) is 0.643. The number of carbonyl (C=O) groups excluding carboxylic acids is 3. The van der Waals surface area contributed by atoms with Gasteiger partial charge in [-0.25, -0.2) is 0 Å². The first-order valence-corrected chi connectivity index (χ1v) is 10.6. The van der Waals surface area contributed by atoms with Crippen LogP contribution in [0.3, 0.4) is 0 Å². The number of Topliss-reactive ketones (excluding diaryl/α,β-unsaturated/α-hetero) is 2. The van der Waals surface area contributed by atoms with Gasteiger partial charge in [0, 0.05) is 24.7 Å². The maximum atomic E-state index is 13.4. The molecule has 0 aliphatic heterocycles. The lowest BCUT2D eigenvalue weighted by atomic mass is 9.44. The summed E-state index contributed by atoms with van der Waals surface area (Å²) in [6.45, 7) is 7.59. The number of ether oxygens (including phenoxy) is 1. The summed E-state index contributed by atoms with van der Waals surface area (Å²) in [6, 6.07) is 0. The number of hydrogen-bond donors (Lipinski definition) is 0. The molecule has 0 saturated heterocycles. The third-order valence-electron chi connectivity index (χ3n) is 8.60. The lowest BCUT2D eigenvalue weighted by Crippen LogP contribution is -2.57. The Hall–Kier alpha value is -1.45. The maximum Gasteiger partial charge on any atom is 0.302 e. The Balaban J connectivity index is 1.60. The summed E-state index contributed by atoms with van der Waals surface area (Å²) >= 11 is 0. The first kappa shape index (κ1) is 18.9. The van der Waals surface area contributed by atoms with Gasteiger partial charge in [0.05, 0.1) is 0 Å². The lowest BCUT2D eigenvalue weighted by Gasteiger charge is -2.59. The van der Waals surface area contributed by atoms with Crippen LogP contribution in [0.2, 0.25) is 0 Å². The van der Waals surface area contributed by atoms with Crippen LogP contribution in [0.15, 0.2) is 11.6 Å². The van der Waals surface area contributed by atoms with Gasteiger partial charge in [-0.05, 0) is 74.2 Å². The maximum absolute atomic E-state index is 13.4. The second kappa shape index (κ2) is 6.28. The largest absolute Gasteiger partial charge is 0.463 e. The van der Waals surface area contributed by atoms with E-state index in [-0.39, 0.29) is 34.6 Å². The van der Waals surface area contributed by atoms with E-state index in [0.29, 0.717) is 30.0 Å². The molecule has 3 fully saturated rings. The predicted molar refractivity (Wildman–Crippen MR) is 102 cm³/mol. The molecular formula is C23H32O4. The molecule has 4 heteroatoms. The van der Waals surface area contributed by atoms with E-state index in [2.05, 4.69) is 19.9 Å². The van der Waals surface area contributed by atoms with E-state index in [0.717, 1.165) is 44.1 Å². The van der Waals surface area contributed by atoms with Crippen LogP contribution in [0.4, 0.5) is 0 Å². The number of esters is 1. The zero-order valence-electron chi connectivity index (χ0n) is 17.0. The zero-order valence-corrected chi connectivity index (χ0v) is 17.0. The lowest BCUT2D eigenvalue weighted by molar-refractivity contribution is -0.166. The Morgan fingerprint density at radius 2 is 1.89 bits per heavy atom. The molecule has 4 aliphatic carbocycles. The molecule has 0 radical (unpaired) electrons. The van der Waals surface area contributed by atoms with Crippen molar-refractivity contribution in [3.05, 3.63) is 11.6 Å². The van der Waals surface area contributed by atoms with Gasteiger partial charge in [0.15, 0.2) is 5.78 Å². The highest BCUT2D eigenvalue weighted by molar-refractivity contribution is 5.97. The molecule has 0 aromatic rings. The van der Waals surface area contributed by atoms with Crippen molar-refractivity contribution in [3.8, 4) is 0 Å². The number of rotatable bonds is 2. The summed E-state index contributed by atoms with van der Waals surface area (Å²) in [6.07, 6.45) is 8.46. The van der Waals surface area contributed by atoms with Crippen molar-refractivity contribution < 1.29 is 19.1 Å². The molecule has 0 amide bonds. The number of hydrogen-bond acceptors (Lipinski definition) is 4. The fourth-order valence-corrected chi connectivity index (χ4v) is 7.50. The Kier molecular flexibility index (Phi) is 4.40. The van der Waals surface area contributed by atoms with Crippen LogP contribution in [0.1, 0.15) is 72.6 Å². The summed E-state index contributed by atoms with van der Waals surface area (Å²) in [4.78, 5) is 37.0. The van der Waals surface area contributed by atoms with Crippen LogP contribution in [-0.2, 0) is 19.1 Å². The topological polar surface area (TPSA) is 60.4 Å². The van der Waals surface area contributed by atoms with Gasteiger partial charge in [0.25, 0.3) is 0 Å². The molecule has 0 aromatic carbocycles. The van der Waals surface area contributed by atoms with E-state index in [1.165, 1.54) is 6.92 Å². The van der Waals surface area contributed by atoms with Crippen LogP contribution >= 0.6 is 0 Å². The van der Waals surface area contributed by atoms with Gasteiger partial charge >= 0.3 is 5.97 Å². The third-order valence-corrected chi connectivity index (χ3v) is 8.60. The molecule has 3 saturated carbocycles. The Labute approximate surface area is 162 Å². The summed E-state index contributed by atoms with van der Waals surface area (Å²) < 4.78 is 5.50. The Morgan fingerprint density at radius 3 is 2.56 bits per heavy atom. The van der Waals surface area contributed by atoms with Gasteiger partial charge < -0.3 is 4.74 Å². The van der Waals surface area contributed by atoms with Crippen LogP contribution < -0.4 is 0 Å². The van der Waals surface area contributed by atoms with E-state index in [1.807, 2.05) is 0 Å². The number of allylic oxidation sites excluding steroid dienone is 2. The molecule has 4 rings (SSSR count). The highest BCUT2D eigenvalue weighted by atomic mass is 16.5. The van der Waals surface area contributed by atoms with Crippen molar-refractivity contribution in [3.63, 3.8) is 0 Å². The van der Waals surface area contributed by atoms with E-state index in [4.69, 9.17) is 4.74 Å². The molecule has 0 N–H and O–H groups in total. The molecular weight excluding hydrogens is 340 g/mol. The van der Waals surface area contributed by atoms with E-state index >= 15 is 0 Å². The van der Waals surface area contributed by atoms with Crippen LogP contribution in [0.5, 0.6) is 0 Å². The molecule has 0 spiro atoms. The van der Waals surface area contributed by atoms with Crippen molar-refractivity contribution in [2.45, 2.75) is 78.7 Å². The fourth-order valence-electron chi connectivity index (χ4n) is 7.50. The molecule has 4 nitrogen and oxygen atoms in total. The molecule has 27 heavy (non-hydrogen) atoms. The second-order valence-electron chi connectivity index (χ2n) is 10.0. The van der Waals surface area contributed by atoms with Crippen molar-refractivity contribution in [1.29, 1.82) is 0 Å². The quantitative estimate of drug-likeness (QED) is 0.679. The van der Waals surface area contributed by atoms with E-state index in [9.17, 15) is 14.4 Å². The fraction of sp³-hybridized carbons (Fsp3) is 0.783. The van der Waals surface area contributed by atoms with Crippen molar-refractivity contribution in [2.24, 2.45) is 34.5 Å². The van der Waals surface area contributed by atoms with Crippen molar-refractivity contribution in [1.82, 2.24) is 0 Å². The number of ketones is 2. The smallest absolute Gasteiger partial charge is 0.302 e. The van der Waals surface area contributed by atoms with Gasteiger partial charge in [-0.2, -0.15) is 0 Å². The first-order chi connectivity index (χ1) is 12.7.